The Balaban J connectivity index is 0.000000208. The largest absolute Gasteiger partial charge is 0.431 e. The van der Waals surface area contributed by atoms with Gasteiger partial charge in [0.1, 0.15) is 21.5 Å². The van der Waals surface area contributed by atoms with Crippen molar-refractivity contribution in [2.24, 2.45) is 0 Å². The summed E-state index contributed by atoms with van der Waals surface area (Å²) in [5.41, 5.74) is 2.32. The maximum Gasteiger partial charge on any atom is 0.301 e. The average molecular weight is 826 g/mol. The van der Waals surface area contributed by atoms with E-state index in [-0.39, 0.29) is 15.8 Å². The second kappa shape index (κ2) is 16.2. The quantitative estimate of drug-likeness (QED) is 0.137. The molecule has 6 rings (SSSR count). The van der Waals surface area contributed by atoms with Gasteiger partial charge in [0.25, 0.3) is 0 Å². The number of anilines is 2. The van der Waals surface area contributed by atoms with Crippen molar-refractivity contribution in [2.75, 3.05) is 10.6 Å². The van der Waals surface area contributed by atoms with Gasteiger partial charge in [0, 0.05) is 21.8 Å². The van der Waals surface area contributed by atoms with Crippen LogP contribution in [0.2, 0.25) is 10.0 Å². The number of aromatic nitrogens is 2. The van der Waals surface area contributed by atoms with Crippen molar-refractivity contribution in [1.82, 2.24) is 9.97 Å². The van der Waals surface area contributed by atoms with Crippen LogP contribution >= 0.6 is 34.5 Å². The molecule has 0 fully saturated rings. The Morgan fingerprint density at radius 1 is 0.648 bits per heavy atom. The topological polar surface area (TPSA) is 165 Å². The molecule has 2 aromatic heterocycles. The third kappa shape index (κ3) is 8.74. The van der Waals surface area contributed by atoms with E-state index in [9.17, 15) is 26.4 Å². The first-order chi connectivity index (χ1) is 25.4. The summed E-state index contributed by atoms with van der Waals surface area (Å²) in [5, 5.41) is 6.24. The minimum atomic E-state index is -3.96. The summed E-state index contributed by atoms with van der Waals surface area (Å²) in [6.45, 7) is 5.40. The lowest BCUT2D eigenvalue weighted by Crippen LogP contribution is -2.44. The number of nitrogens with one attached hydrogen (secondary N) is 2. The summed E-state index contributed by atoms with van der Waals surface area (Å²) in [5.74, 6) is -1.40. The van der Waals surface area contributed by atoms with Gasteiger partial charge in [-0.25, -0.2) is 21.8 Å². The number of oxazole rings is 1. The van der Waals surface area contributed by atoms with Crippen LogP contribution in [0.5, 0.6) is 0 Å². The van der Waals surface area contributed by atoms with Crippen LogP contribution in [0.4, 0.5) is 11.1 Å². The van der Waals surface area contributed by atoms with Crippen molar-refractivity contribution in [3.05, 3.63) is 132 Å². The predicted octanol–water partition coefficient (Wildman–Crippen LogP) is 8.84. The number of carbonyl (C=O) groups excluding carboxylic acids is 2. The maximum atomic E-state index is 12.9. The van der Waals surface area contributed by atoms with Gasteiger partial charge in [0.15, 0.2) is 24.8 Å². The molecule has 6 aromatic rings. The van der Waals surface area contributed by atoms with Crippen molar-refractivity contribution in [3.8, 4) is 21.7 Å². The molecular weight excluding hydrogens is 792 g/mol. The Labute approximate surface area is 327 Å². The first-order valence-electron chi connectivity index (χ1n) is 16.1. The van der Waals surface area contributed by atoms with Gasteiger partial charge >= 0.3 is 6.01 Å². The molecule has 2 heterocycles. The highest BCUT2D eigenvalue weighted by Crippen LogP contribution is 2.32. The SMILES string of the molecule is CC(C)(C(=O)Nc1nc(-c2ccccc2)co1)S(=O)(=O)c1ccc(Cl)cc1.CC(C)(C(=O)Nc1ncc(-c2ccccc2)s1)S(=O)(=O)c1ccc(Cl)cc1. The van der Waals surface area contributed by atoms with Gasteiger partial charge in [-0.15, -0.1) is 0 Å². The number of sulfone groups is 2. The van der Waals surface area contributed by atoms with E-state index in [1.165, 1.54) is 93.8 Å². The van der Waals surface area contributed by atoms with E-state index in [4.69, 9.17) is 27.6 Å². The number of halogens is 2. The van der Waals surface area contributed by atoms with E-state index in [1.54, 1.807) is 6.20 Å². The first-order valence-corrected chi connectivity index (χ1v) is 20.6. The predicted molar refractivity (Wildman–Crippen MR) is 212 cm³/mol. The van der Waals surface area contributed by atoms with Gasteiger partial charge in [-0.05, 0) is 81.8 Å². The Bertz CT molecular complexity index is 2290. The van der Waals surface area contributed by atoms with Crippen LogP contribution in [0.15, 0.2) is 136 Å². The second-order valence-corrected chi connectivity index (χ2v) is 19.5. The van der Waals surface area contributed by atoms with Crippen molar-refractivity contribution in [1.29, 1.82) is 0 Å². The molecule has 0 aliphatic heterocycles. The molecule has 0 unspecified atom stereocenters. The van der Waals surface area contributed by atoms with E-state index >= 15 is 0 Å². The summed E-state index contributed by atoms with van der Waals surface area (Å²) >= 11 is 12.9. The third-order valence-corrected chi connectivity index (χ3v) is 14.6. The van der Waals surface area contributed by atoms with Crippen molar-refractivity contribution < 1.29 is 30.8 Å². The number of hydrogen-bond donors (Lipinski definition) is 2. The minimum absolute atomic E-state index is 0.00410. The van der Waals surface area contributed by atoms with Crippen LogP contribution in [-0.4, -0.2) is 48.1 Å². The smallest absolute Gasteiger partial charge is 0.301 e. The summed E-state index contributed by atoms with van der Waals surface area (Å²) in [6.07, 6.45) is 3.04. The Morgan fingerprint density at radius 3 is 1.57 bits per heavy atom. The molecule has 0 bridgehead atoms. The molecular formula is C38H34Cl2N4O7S3. The highest BCUT2D eigenvalue weighted by Gasteiger charge is 2.44. The molecule has 0 saturated carbocycles. The van der Waals surface area contributed by atoms with Gasteiger partial charge < -0.3 is 9.73 Å². The molecule has 0 aliphatic rings. The van der Waals surface area contributed by atoms with Crippen LogP contribution in [-0.2, 0) is 29.3 Å². The Kier molecular flexibility index (Phi) is 12.1. The molecule has 0 atom stereocenters. The van der Waals surface area contributed by atoms with Crippen molar-refractivity contribution >= 4 is 77.2 Å². The van der Waals surface area contributed by atoms with Crippen LogP contribution in [0.25, 0.3) is 21.7 Å². The minimum Gasteiger partial charge on any atom is -0.431 e. The van der Waals surface area contributed by atoms with Crippen LogP contribution < -0.4 is 10.6 Å². The van der Waals surface area contributed by atoms with Crippen LogP contribution in [0.1, 0.15) is 27.7 Å². The maximum absolute atomic E-state index is 12.9. The normalized spacial score (nSPS) is 12.0. The lowest BCUT2D eigenvalue weighted by atomic mass is 10.2. The van der Waals surface area contributed by atoms with Crippen LogP contribution in [0, 0.1) is 0 Å². The van der Waals surface area contributed by atoms with Gasteiger partial charge in [-0.2, -0.15) is 4.98 Å². The number of amides is 2. The highest BCUT2D eigenvalue weighted by molar-refractivity contribution is 7.94. The van der Waals surface area contributed by atoms with Gasteiger partial charge in [0.2, 0.25) is 11.8 Å². The molecule has 0 saturated heterocycles. The standard InChI is InChI=1S/C19H17ClN2O4S.C19H17ClN2O3S2/c1-19(2,27(24,25)15-10-8-14(20)9-11-15)17(23)22-18-21-16(12-26-18)13-6-4-3-5-7-13;1-19(2,27(24,25)15-10-8-14(20)9-11-15)17(23)22-18-21-12-16(26-18)13-6-4-3-5-7-13/h2*3-12H,1-2H3,(H,21,22,23). The first kappa shape index (κ1) is 40.3. The number of hydrogen-bond acceptors (Lipinski definition) is 10. The lowest BCUT2D eigenvalue weighted by molar-refractivity contribution is -0.118. The molecule has 0 radical (unpaired) electrons. The second-order valence-electron chi connectivity index (χ2n) is 12.6. The molecule has 4 aromatic carbocycles. The summed E-state index contributed by atoms with van der Waals surface area (Å²) in [6, 6.07) is 30.2. The molecule has 11 nitrogen and oxygen atoms in total. The van der Waals surface area contributed by atoms with Crippen molar-refractivity contribution in [3.63, 3.8) is 0 Å². The van der Waals surface area contributed by atoms with Crippen molar-refractivity contribution in [2.45, 2.75) is 47.0 Å². The monoisotopic (exact) mass is 824 g/mol. The molecule has 2 amide bonds. The third-order valence-electron chi connectivity index (χ3n) is 8.26. The molecule has 2 N–H and O–H groups in total. The summed E-state index contributed by atoms with van der Waals surface area (Å²) in [7, 11) is -7.87. The molecule has 16 heteroatoms. The average Bonchev–Trinajstić information content (AvgIpc) is 3.83. The van der Waals surface area contributed by atoms with E-state index in [1.807, 2.05) is 60.7 Å². The Morgan fingerprint density at radius 2 is 1.09 bits per heavy atom. The molecule has 280 valence electrons. The van der Waals surface area contributed by atoms with Gasteiger partial charge in [-0.3, -0.25) is 14.9 Å². The van der Waals surface area contributed by atoms with E-state index in [0.717, 1.165) is 16.0 Å². The zero-order valence-electron chi connectivity index (χ0n) is 29.3. The van der Waals surface area contributed by atoms with E-state index in [0.29, 0.717) is 20.9 Å². The summed E-state index contributed by atoms with van der Waals surface area (Å²) in [4.78, 5) is 34.7. The van der Waals surface area contributed by atoms with Crippen LogP contribution in [0.3, 0.4) is 0 Å². The lowest BCUT2D eigenvalue weighted by Gasteiger charge is -2.23. The zero-order valence-corrected chi connectivity index (χ0v) is 33.2. The number of thiazole rings is 1. The fourth-order valence-corrected chi connectivity index (χ4v) is 8.52. The zero-order chi connectivity index (χ0) is 39.3. The van der Waals surface area contributed by atoms with E-state index in [2.05, 4.69) is 20.6 Å². The number of rotatable bonds is 10. The molecule has 54 heavy (non-hydrogen) atoms. The fraction of sp³-hybridized carbons (Fsp3) is 0.158. The summed E-state index contributed by atoms with van der Waals surface area (Å²) < 4.78 is 53.4. The van der Waals surface area contributed by atoms with Gasteiger partial charge in [-0.1, -0.05) is 95.2 Å². The molecule has 0 spiro atoms. The number of nitrogens with zero attached hydrogens (tertiary/aromatic N) is 2. The number of carbonyl (C=O) groups is 2. The van der Waals surface area contributed by atoms with E-state index < -0.39 is 41.0 Å². The number of benzene rings is 4. The Hall–Kier alpha value is -4.86. The highest BCUT2D eigenvalue weighted by atomic mass is 35.5. The molecule has 0 aliphatic carbocycles. The fourth-order valence-electron chi connectivity index (χ4n) is 4.70. The van der Waals surface area contributed by atoms with Gasteiger partial charge in [0.05, 0.1) is 14.7 Å².